The van der Waals surface area contributed by atoms with Gasteiger partial charge >= 0.3 is 0 Å². The van der Waals surface area contributed by atoms with Crippen LogP contribution in [0, 0.1) is 0 Å². The van der Waals surface area contributed by atoms with Crippen LogP contribution in [0.3, 0.4) is 0 Å². The molecule has 1 atom stereocenters. The monoisotopic (exact) mass is 289 g/mol. The Kier molecular flexibility index (Phi) is 4.20. The Hall–Kier alpha value is -3.01. The molecule has 0 bridgehead atoms. The van der Waals surface area contributed by atoms with Gasteiger partial charge in [0.2, 0.25) is 0 Å². The summed E-state index contributed by atoms with van der Waals surface area (Å²) in [6.45, 7) is 0. The molecule has 4 heteroatoms. The molecule has 2 heterocycles. The molecule has 4 nitrogen and oxygen atoms in total. The number of carbonyl (C=O) groups excluding carboxylic acids is 1. The van der Waals surface area contributed by atoms with Crippen molar-refractivity contribution in [3.05, 3.63) is 96.1 Å². The highest BCUT2D eigenvalue weighted by Gasteiger charge is 2.18. The van der Waals surface area contributed by atoms with Crippen molar-refractivity contribution in [2.45, 2.75) is 6.04 Å². The molecular formula is C18H15N3O. The van der Waals surface area contributed by atoms with E-state index in [2.05, 4.69) is 15.3 Å². The van der Waals surface area contributed by atoms with Gasteiger partial charge in [0.05, 0.1) is 6.04 Å². The van der Waals surface area contributed by atoms with Crippen LogP contribution in [0.15, 0.2) is 79.3 Å². The number of hydrogen-bond donors (Lipinski definition) is 1. The second-order valence-corrected chi connectivity index (χ2v) is 4.81. The highest BCUT2D eigenvalue weighted by molar-refractivity contribution is 5.92. The van der Waals surface area contributed by atoms with Gasteiger partial charge in [-0.2, -0.15) is 0 Å². The van der Waals surface area contributed by atoms with Crippen LogP contribution >= 0.6 is 0 Å². The van der Waals surface area contributed by atoms with E-state index in [0.717, 1.165) is 11.1 Å². The number of rotatable bonds is 4. The minimum Gasteiger partial charge on any atom is -0.340 e. The zero-order valence-electron chi connectivity index (χ0n) is 11.9. The molecule has 0 spiro atoms. The van der Waals surface area contributed by atoms with Crippen LogP contribution in [0.1, 0.15) is 27.7 Å². The normalized spacial score (nSPS) is 11.6. The predicted molar refractivity (Wildman–Crippen MR) is 84.2 cm³/mol. The molecule has 3 rings (SSSR count). The van der Waals surface area contributed by atoms with E-state index in [0.29, 0.717) is 5.69 Å². The van der Waals surface area contributed by atoms with Gasteiger partial charge in [-0.05, 0) is 35.4 Å². The molecule has 0 fully saturated rings. The third-order valence-electron chi connectivity index (χ3n) is 3.35. The molecule has 1 N–H and O–H groups in total. The Morgan fingerprint density at radius 2 is 1.50 bits per heavy atom. The number of nitrogens with zero attached hydrogens (tertiary/aromatic N) is 2. The first-order valence-corrected chi connectivity index (χ1v) is 7.01. The lowest BCUT2D eigenvalue weighted by atomic mass is 9.99. The Bertz CT molecular complexity index is 691. The maximum absolute atomic E-state index is 12.4. The summed E-state index contributed by atoms with van der Waals surface area (Å²) in [5, 5.41) is 3.04. The molecule has 0 radical (unpaired) electrons. The van der Waals surface area contributed by atoms with E-state index >= 15 is 0 Å². The van der Waals surface area contributed by atoms with Gasteiger partial charge in [0.1, 0.15) is 5.69 Å². The van der Waals surface area contributed by atoms with Gasteiger partial charge in [-0.1, -0.05) is 36.4 Å². The zero-order valence-corrected chi connectivity index (χ0v) is 11.9. The first-order valence-electron chi connectivity index (χ1n) is 7.01. The molecule has 0 aliphatic rings. The number of benzene rings is 1. The molecule has 2 aromatic heterocycles. The number of carbonyl (C=O) groups is 1. The molecule has 1 aromatic carbocycles. The van der Waals surface area contributed by atoms with E-state index in [1.165, 1.54) is 0 Å². The lowest BCUT2D eigenvalue weighted by molar-refractivity contribution is 0.0938. The smallest absolute Gasteiger partial charge is 0.270 e. The fourth-order valence-corrected chi connectivity index (χ4v) is 2.26. The quantitative estimate of drug-likeness (QED) is 0.803. The first kappa shape index (κ1) is 13.9. The molecule has 0 aliphatic heterocycles. The number of hydrogen-bond acceptors (Lipinski definition) is 3. The SMILES string of the molecule is O=C(N[C@H](c1ccccc1)c1ccncc1)c1ccccn1. The minimum absolute atomic E-state index is 0.203. The average Bonchev–Trinajstić information content (AvgIpc) is 2.62. The van der Waals surface area contributed by atoms with Crippen LogP contribution in [0.25, 0.3) is 0 Å². The van der Waals surface area contributed by atoms with Gasteiger partial charge in [-0.3, -0.25) is 14.8 Å². The number of pyridine rings is 2. The van der Waals surface area contributed by atoms with E-state index in [-0.39, 0.29) is 11.9 Å². The van der Waals surface area contributed by atoms with Crippen LogP contribution in [0.2, 0.25) is 0 Å². The number of nitrogens with one attached hydrogen (secondary N) is 1. The maximum Gasteiger partial charge on any atom is 0.270 e. The Labute approximate surface area is 128 Å². The van der Waals surface area contributed by atoms with Crippen LogP contribution < -0.4 is 5.32 Å². The maximum atomic E-state index is 12.4. The summed E-state index contributed by atoms with van der Waals surface area (Å²) in [5.74, 6) is -0.203. The number of aromatic nitrogens is 2. The van der Waals surface area contributed by atoms with Crippen molar-refractivity contribution in [3.8, 4) is 0 Å². The van der Waals surface area contributed by atoms with Crippen molar-refractivity contribution >= 4 is 5.91 Å². The van der Waals surface area contributed by atoms with Crippen LogP contribution in [0.4, 0.5) is 0 Å². The highest BCUT2D eigenvalue weighted by atomic mass is 16.1. The molecule has 108 valence electrons. The minimum atomic E-state index is -0.237. The summed E-state index contributed by atoms with van der Waals surface area (Å²) in [6, 6.07) is 18.7. The summed E-state index contributed by atoms with van der Waals surface area (Å²) in [4.78, 5) is 20.5. The Morgan fingerprint density at radius 3 is 2.18 bits per heavy atom. The Morgan fingerprint density at radius 1 is 0.818 bits per heavy atom. The lowest BCUT2D eigenvalue weighted by Crippen LogP contribution is -2.29. The fraction of sp³-hybridized carbons (Fsp3) is 0.0556. The van der Waals surface area contributed by atoms with Gasteiger partial charge in [0.25, 0.3) is 5.91 Å². The highest BCUT2D eigenvalue weighted by Crippen LogP contribution is 2.21. The zero-order chi connectivity index (χ0) is 15.2. The largest absolute Gasteiger partial charge is 0.340 e. The molecule has 1 amide bonds. The third-order valence-corrected chi connectivity index (χ3v) is 3.35. The molecule has 0 saturated carbocycles. The fourth-order valence-electron chi connectivity index (χ4n) is 2.26. The third kappa shape index (κ3) is 3.17. The van der Waals surface area contributed by atoms with Crippen molar-refractivity contribution in [3.63, 3.8) is 0 Å². The molecule has 0 unspecified atom stereocenters. The predicted octanol–water partition coefficient (Wildman–Crippen LogP) is 3.00. The van der Waals surface area contributed by atoms with Crippen molar-refractivity contribution in [2.24, 2.45) is 0 Å². The molecule has 3 aromatic rings. The van der Waals surface area contributed by atoms with Gasteiger partial charge < -0.3 is 5.32 Å². The van der Waals surface area contributed by atoms with Crippen molar-refractivity contribution in [1.82, 2.24) is 15.3 Å². The van der Waals surface area contributed by atoms with Crippen LogP contribution in [0.5, 0.6) is 0 Å². The van der Waals surface area contributed by atoms with Crippen molar-refractivity contribution in [2.75, 3.05) is 0 Å². The van der Waals surface area contributed by atoms with Gasteiger partial charge in [-0.25, -0.2) is 0 Å². The average molecular weight is 289 g/mol. The van der Waals surface area contributed by atoms with E-state index in [9.17, 15) is 4.79 Å². The summed E-state index contributed by atoms with van der Waals surface area (Å²) in [6.07, 6.45) is 5.05. The molecule has 22 heavy (non-hydrogen) atoms. The summed E-state index contributed by atoms with van der Waals surface area (Å²) < 4.78 is 0. The van der Waals surface area contributed by atoms with Crippen LogP contribution in [-0.4, -0.2) is 15.9 Å². The van der Waals surface area contributed by atoms with E-state index in [1.54, 1.807) is 36.8 Å². The summed E-state index contributed by atoms with van der Waals surface area (Å²) >= 11 is 0. The standard InChI is InChI=1S/C18H15N3O/c22-18(16-8-4-5-11-20-16)21-17(14-6-2-1-3-7-14)15-9-12-19-13-10-15/h1-13,17H,(H,21,22)/t17-/m1/s1. The lowest BCUT2D eigenvalue weighted by Gasteiger charge is -2.19. The Balaban J connectivity index is 1.91. The molecule has 0 saturated heterocycles. The van der Waals surface area contributed by atoms with Gasteiger partial charge in [0, 0.05) is 18.6 Å². The van der Waals surface area contributed by atoms with Crippen molar-refractivity contribution < 1.29 is 4.79 Å². The second kappa shape index (κ2) is 6.63. The second-order valence-electron chi connectivity index (χ2n) is 4.81. The first-order chi connectivity index (χ1) is 10.8. The van der Waals surface area contributed by atoms with Gasteiger partial charge in [0.15, 0.2) is 0 Å². The number of amides is 1. The molecule has 0 aliphatic carbocycles. The van der Waals surface area contributed by atoms with E-state index < -0.39 is 0 Å². The summed E-state index contributed by atoms with van der Waals surface area (Å²) in [5.41, 5.74) is 2.39. The van der Waals surface area contributed by atoms with Crippen molar-refractivity contribution in [1.29, 1.82) is 0 Å². The van der Waals surface area contributed by atoms with Gasteiger partial charge in [-0.15, -0.1) is 0 Å². The van der Waals surface area contributed by atoms with E-state index in [1.807, 2.05) is 42.5 Å². The summed E-state index contributed by atoms with van der Waals surface area (Å²) in [7, 11) is 0. The van der Waals surface area contributed by atoms with E-state index in [4.69, 9.17) is 0 Å². The molecular weight excluding hydrogens is 274 g/mol. The topological polar surface area (TPSA) is 54.9 Å². The van der Waals surface area contributed by atoms with Crippen LogP contribution in [-0.2, 0) is 0 Å².